The minimum absolute atomic E-state index is 0.0215. The van der Waals surface area contributed by atoms with E-state index in [9.17, 15) is 4.79 Å². The van der Waals surface area contributed by atoms with Gasteiger partial charge in [0, 0.05) is 17.0 Å². The zero-order valence-corrected chi connectivity index (χ0v) is 16.4. The van der Waals surface area contributed by atoms with Crippen molar-refractivity contribution in [1.29, 1.82) is 0 Å². The van der Waals surface area contributed by atoms with E-state index in [1.54, 1.807) is 11.3 Å². The molecule has 1 saturated heterocycles. The van der Waals surface area contributed by atoms with Gasteiger partial charge in [-0.25, -0.2) is 4.98 Å². The Morgan fingerprint density at radius 3 is 2.92 bits per heavy atom. The molecule has 136 valence electrons. The number of aromatic nitrogens is 2. The molecule has 4 nitrogen and oxygen atoms in total. The van der Waals surface area contributed by atoms with Crippen molar-refractivity contribution in [2.24, 2.45) is 0 Å². The first-order chi connectivity index (χ1) is 12.5. The van der Waals surface area contributed by atoms with Crippen LogP contribution >= 0.6 is 11.3 Å². The quantitative estimate of drug-likeness (QED) is 0.733. The van der Waals surface area contributed by atoms with Crippen molar-refractivity contribution in [2.75, 3.05) is 6.54 Å². The summed E-state index contributed by atoms with van der Waals surface area (Å²) in [5.41, 5.74) is 4.48. The van der Waals surface area contributed by atoms with Crippen LogP contribution in [0.15, 0.2) is 28.4 Å². The van der Waals surface area contributed by atoms with Gasteiger partial charge in [-0.3, -0.25) is 9.69 Å². The lowest BCUT2D eigenvalue weighted by Gasteiger charge is -2.32. The summed E-state index contributed by atoms with van der Waals surface area (Å²) in [5.74, 6) is 0.783. The fourth-order valence-corrected chi connectivity index (χ4v) is 4.84. The molecule has 0 bridgehead atoms. The number of aromatic amines is 1. The number of H-pyrrole nitrogens is 1. The zero-order chi connectivity index (χ0) is 18.3. The number of rotatable bonds is 3. The second-order valence-electron chi connectivity index (χ2n) is 7.48. The molecule has 1 N–H and O–H groups in total. The summed E-state index contributed by atoms with van der Waals surface area (Å²) in [5, 5.41) is 2.79. The number of piperidine rings is 1. The van der Waals surface area contributed by atoms with Gasteiger partial charge >= 0.3 is 0 Å². The van der Waals surface area contributed by atoms with E-state index in [1.807, 2.05) is 0 Å². The maximum absolute atomic E-state index is 12.9. The SMILES string of the molecule is Cc1ccc(C)c(-c2csc3nc(CN4CCCC[C@@H]4C)[nH]c(=O)c23)c1. The number of thiophene rings is 1. The third-order valence-electron chi connectivity index (χ3n) is 5.47. The van der Waals surface area contributed by atoms with Gasteiger partial charge in [-0.1, -0.05) is 30.2 Å². The van der Waals surface area contributed by atoms with Gasteiger partial charge in [0.2, 0.25) is 0 Å². The van der Waals surface area contributed by atoms with Crippen molar-refractivity contribution in [2.45, 2.75) is 52.6 Å². The smallest absolute Gasteiger partial charge is 0.260 e. The molecule has 0 radical (unpaired) electrons. The molecule has 4 rings (SSSR count). The number of hydrogen-bond acceptors (Lipinski definition) is 4. The van der Waals surface area contributed by atoms with E-state index in [4.69, 9.17) is 4.98 Å². The molecule has 1 aliphatic heterocycles. The van der Waals surface area contributed by atoms with Gasteiger partial charge in [-0.15, -0.1) is 11.3 Å². The van der Waals surface area contributed by atoms with Crippen LogP contribution in [-0.2, 0) is 6.54 Å². The largest absolute Gasteiger partial charge is 0.309 e. The molecular weight excluding hydrogens is 342 g/mol. The summed E-state index contributed by atoms with van der Waals surface area (Å²) in [7, 11) is 0. The van der Waals surface area contributed by atoms with Crippen LogP contribution in [0.25, 0.3) is 21.3 Å². The van der Waals surface area contributed by atoms with Gasteiger partial charge < -0.3 is 4.98 Å². The van der Waals surface area contributed by atoms with Crippen LogP contribution in [-0.4, -0.2) is 27.5 Å². The Kier molecular flexibility index (Phi) is 4.67. The summed E-state index contributed by atoms with van der Waals surface area (Å²) >= 11 is 1.56. The van der Waals surface area contributed by atoms with Crippen LogP contribution < -0.4 is 5.56 Å². The third kappa shape index (κ3) is 3.21. The summed E-state index contributed by atoms with van der Waals surface area (Å²) in [6, 6.07) is 6.92. The normalized spacial score (nSPS) is 18.5. The van der Waals surface area contributed by atoms with Gasteiger partial charge in [0.15, 0.2) is 0 Å². The highest BCUT2D eigenvalue weighted by molar-refractivity contribution is 7.17. The van der Waals surface area contributed by atoms with Gasteiger partial charge in [-0.2, -0.15) is 0 Å². The average molecular weight is 368 g/mol. The lowest BCUT2D eigenvalue weighted by molar-refractivity contribution is 0.149. The number of nitrogens with one attached hydrogen (secondary N) is 1. The van der Waals surface area contributed by atoms with Crippen LogP contribution in [0.2, 0.25) is 0 Å². The first kappa shape index (κ1) is 17.4. The second-order valence-corrected chi connectivity index (χ2v) is 8.33. The Bertz CT molecular complexity index is 1000. The fraction of sp³-hybridized carbons (Fsp3) is 0.429. The third-order valence-corrected chi connectivity index (χ3v) is 6.34. The lowest BCUT2D eigenvalue weighted by Crippen LogP contribution is -2.37. The minimum atomic E-state index is -0.0215. The number of nitrogens with zero attached hydrogens (tertiary/aromatic N) is 2. The molecule has 0 spiro atoms. The van der Waals surface area contributed by atoms with Gasteiger partial charge in [0.25, 0.3) is 5.56 Å². The molecule has 0 aliphatic carbocycles. The van der Waals surface area contributed by atoms with Crippen molar-refractivity contribution < 1.29 is 0 Å². The lowest BCUT2D eigenvalue weighted by atomic mass is 9.99. The van der Waals surface area contributed by atoms with Crippen molar-refractivity contribution >= 4 is 21.6 Å². The number of hydrogen-bond donors (Lipinski definition) is 1. The van der Waals surface area contributed by atoms with E-state index in [0.29, 0.717) is 6.04 Å². The predicted molar refractivity (Wildman–Crippen MR) is 109 cm³/mol. The molecule has 26 heavy (non-hydrogen) atoms. The van der Waals surface area contributed by atoms with Crippen molar-refractivity contribution in [3.8, 4) is 11.1 Å². The zero-order valence-electron chi connectivity index (χ0n) is 15.6. The first-order valence-electron chi connectivity index (χ1n) is 9.35. The van der Waals surface area contributed by atoms with Crippen LogP contribution in [0.3, 0.4) is 0 Å². The van der Waals surface area contributed by atoms with Crippen molar-refractivity contribution in [3.05, 3.63) is 50.9 Å². The van der Waals surface area contributed by atoms with Crippen LogP contribution in [0.4, 0.5) is 0 Å². The fourth-order valence-electron chi connectivity index (χ4n) is 3.88. The molecule has 3 aromatic rings. The molecule has 1 aromatic carbocycles. The Balaban J connectivity index is 1.74. The van der Waals surface area contributed by atoms with E-state index in [-0.39, 0.29) is 5.56 Å². The van der Waals surface area contributed by atoms with Gasteiger partial charge in [0.1, 0.15) is 10.7 Å². The van der Waals surface area contributed by atoms with Crippen LogP contribution in [0.5, 0.6) is 0 Å². The molecule has 1 fully saturated rings. The molecule has 0 unspecified atom stereocenters. The number of benzene rings is 1. The molecule has 0 saturated carbocycles. The summed E-state index contributed by atoms with van der Waals surface area (Å²) < 4.78 is 0. The summed E-state index contributed by atoms with van der Waals surface area (Å²) in [4.78, 5) is 24.0. The molecule has 5 heteroatoms. The highest BCUT2D eigenvalue weighted by atomic mass is 32.1. The summed E-state index contributed by atoms with van der Waals surface area (Å²) in [6.07, 6.45) is 3.75. The molecule has 1 atom stereocenters. The van der Waals surface area contributed by atoms with Crippen molar-refractivity contribution in [1.82, 2.24) is 14.9 Å². The maximum atomic E-state index is 12.9. The number of likely N-dealkylation sites (tertiary alicyclic amines) is 1. The Hall–Kier alpha value is -1.98. The maximum Gasteiger partial charge on any atom is 0.260 e. The number of aryl methyl sites for hydroxylation is 2. The molecule has 3 heterocycles. The average Bonchev–Trinajstić information content (AvgIpc) is 3.03. The molecular formula is C21H25N3OS. The van der Waals surface area contributed by atoms with Crippen molar-refractivity contribution in [3.63, 3.8) is 0 Å². The van der Waals surface area contributed by atoms with Gasteiger partial charge in [-0.05, 0) is 51.3 Å². The van der Waals surface area contributed by atoms with Crippen LogP contribution in [0, 0.1) is 13.8 Å². The Labute approximate surface area is 157 Å². The summed E-state index contributed by atoms with van der Waals surface area (Å²) in [6.45, 7) is 8.24. The monoisotopic (exact) mass is 367 g/mol. The van der Waals surface area contributed by atoms with Crippen LogP contribution in [0.1, 0.15) is 43.1 Å². The predicted octanol–water partition coefficient (Wildman–Crippen LogP) is 4.64. The standard InChI is InChI=1S/C21H25N3OS/c1-13-7-8-14(2)16(10-13)17-12-26-21-19(17)20(25)22-18(23-21)11-24-9-5-4-6-15(24)3/h7-8,10,12,15H,4-6,9,11H2,1-3H3,(H,22,23,25)/t15-/m0/s1. The number of fused-ring (bicyclic) bond motifs is 1. The van der Waals surface area contributed by atoms with E-state index in [1.165, 1.54) is 30.4 Å². The van der Waals surface area contributed by atoms with E-state index < -0.39 is 0 Å². The molecule has 2 aromatic heterocycles. The Morgan fingerprint density at radius 2 is 2.12 bits per heavy atom. The molecule has 1 aliphatic rings. The minimum Gasteiger partial charge on any atom is -0.309 e. The van der Waals surface area contributed by atoms with E-state index >= 15 is 0 Å². The first-order valence-corrected chi connectivity index (χ1v) is 10.2. The van der Waals surface area contributed by atoms with Gasteiger partial charge in [0.05, 0.1) is 11.9 Å². The Morgan fingerprint density at radius 1 is 1.27 bits per heavy atom. The molecule has 0 amide bonds. The highest BCUT2D eigenvalue weighted by Crippen LogP contribution is 2.33. The highest BCUT2D eigenvalue weighted by Gasteiger charge is 2.20. The van der Waals surface area contributed by atoms with E-state index in [0.717, 1.165) is 40.3 Å². The second kappa shape index (κ2) is 6.97. The topological polar surface area (TPSA) is 49.0 Å². The van der Waals surface area contributed by atoms with E-state index in [2.05, 4.69) is 54.2 Å².